The molecule has 9 heteroatoms. The van der Waals surface area contributed by atoms with Crippen LogP contribution in [-0.4, -0.2) is 54.5 Å². The fourth-order valence-corrected chi connectivity index (χ4v) is 5.04. The second-order valence-electron chi connectivity index (χ2n) is 6.95. The number of pyridine rings is 1. The Kier molecular flexibility index (Phi) is 5.76. The van der Waals surface area contributed by atoms with Crippen molar-refractivity contribution in [2.24, 2.45) is 0 Å². The Morgan fingerprint density at radius 2 is 1.97 bits per heavy atom. The van der Waals surface area contributed by atoms with Crippen LogP contribution in [0.4, 0.5) is 0 Å². The van der Waals surface area contributed by atoms with Crippen LogP contribution < -0.4 is 4.74 Å². The first-order valence-corrected chi connectivity index (χ1v) is 10.9. The molecule has 0 unspecified atom stereocenters. The lowest BCUT2D eigenvalue weighted by Gasteiger charge is -2.32. The van der Waals surface area contributed by atoms with Crippen molar-refractivity contribution in [3.8, 4) is 17.0 Å². The summed E-state index contributed by atoms with van der Waals surface area (Å²) in [6.45, 7) is 2.56. The Morgan fingerprint density at radius 3 is 2.73 bits per heavy atom. The molecule has 156 valence electrons. The maximum absolute atomic E-state index is 13.3. The summed E-state index contributed by atoms with van der Waals surface area (Å²) in [7, 11) is -2.28. The number of ether oxygens (including phenoxy) is 2. The summed E-state index contributed by atoms with van der Waals surface area (Å²) in [5, 5.41) is 0. The molecule has 0 bridgehead atoms. The lowest BCUT2D eigenvalue weighted by atomic mass is 10.1. The highest BCUT2D eigenvalue weighted by Gasteiger charge is 2.34. The molecule has 3 aromatic rings. The van der Waals surface area contributed by atoms with Crippen molar-refractivity contribution in [1.82, 2.24) is 19.3 Å². The second-order valence-corrected chi connectivity index (χ2v) is 8.86. The summed E-state index contributed by atoms with van der Waals surface area (Å²) in [4.78, 5) is 12.9. The number of aromatic nitrogens is 3. The minimum absolute atomic E-state index is 0.161. The van der Waals surface area contributed by atoms with Gasteiger partial charge in [0, 0.05) is 31.0 Å². The summed E-state index contributed by atoms with van der Waals surface area (Å²) in [5.74, 6) is 0.327. The van der Waals surface area contributed by atoms with Crippen LogP contribution in [-0.2, 0) is 14.8 Å². The summed E-state index contributed by atoms with van der Waals surface area (Å²) in [6, 6.07) is 10.7. The molecule has 1 saturated heterocycles. The smallest absolute Gasteiger partial charge is 0.246 e. The molecule has 0 spiro atoms. The fraction of sp³-hybridized carbons (Fsp3) is 0.286. The van der Waals surface area contributed by atoms with E-state index in [1.165, 1.54) is 17.7 Å². The molecule has 0 saturated carbocycles. The zero-order valence-electron chi connectivity index (χ0n) is 16.7. The number of sulfonamides is 1. The van der Waals surface area contributed by atoms with Gasteiger partial charge in [0.2, 0.25) is 10.0 Å². The van der Waals surface area contributed by atoms with Crippen LogP contribution in [0.3, 0.4) is 0 Å². The van der Waals surface area contributed by atoms with E-state index in [0.29, 0.717) is 17.1 Å². The predicted molar refractivity (Wildman–Crippen MR) is 110 cm³/mol. The number of methoxy groups -OCH3 is 1. The van der Waals surface area contributed by atoms with Crippen LogP contribution in [0.2, 0.25) is 0 Å². The average Bonchev–Trinajstić information content (AvgIpc) is 2.80. The maximum atomic E-state index is 13.3. The molecule has 1 aliphatic heterocycles. The van der Waals surface area contributed by atoms with Crippen LogP contribution in [0.5, 0.6) is 5.75 Å². The van der Waals surface area contributed by atoms with Crippen LogP contribution in [0, 0.1) is 6.92 Å². The average molecular weight is 426 g/mol. The Morgan fingerprint density at radius 1 is 1.17 bits per heavy atom. The van der Waals surface area contributed by atoms with Crippen molar-refractivity contribution < 1.29 is 17.9 Å². The molecular formula is C21H22N4O4S. The molecule has 1 fully saturated rings. The molecule has 2 aromatic heterocycles. The molecule has 0 amide bonds. The molecule has 0 radical (unpaired) electrons. The van der Waals surface area contributed by atoms with Crippen LogP contribution in [0.25, 0.3) is 11.3 Å². The number of hydrogen-bond acceptors (Lipinski definition) is 7. The van der Waals surface area contributed by atoms with Gasteiger partial charge in [-0.1, -0.05) is 12.1 Å². The third-order valence-corrected chi connectivity index (χ3v) is 6.81. The van der Waals surface area contributed by atoms with Crippen molar-refractivity contribution in [3.05, 3.63) is 66.4 Å². The van der Waals surface area contributed by atoms with E-state index in [1.807, 2.05) is 31.2 Å². The summed E-state index contributed by atoms with van der Waals surface area (Å²) >= 11 is 0. The van der Waals surface area contributed by atoms with Crippen molar-refractivity contribution in [2.75, 3.05) is 26.8 Å². The van der Waals surface area contributed by atoms with Gasteiger partial charge in [0.25, 0.3) is 0 Å². The van der Waals surface area contributed by atoms with Crippen LogP contribution >= 0.6 is 0 Å². The quantitative estimate of drug-likeness (QED) is 0.619. The van der Waals surface area contributed by atoms with Crippen LogP contribution in [0.1, 0.15) is 17.4 Å². The first-order chi connectivity index (χ1) is 14.5. The van der Waals surface area contributed by atoms with Gasteiger partial charge in [0.1, 0.15) is 23.1 Å². The Hall–Kier alpha value is -2.88. The molecule has 1 aliphatic rings. The molecule has 1 aromatic carbocycles. The van der Waals surface area contributed by atoms with E-state index in [1.54, 1.807) is 24.5 Å². The van der Waals surface area contributed by atoms with E-state index in [4.69, 9.17) is 9.47 Å². The largest absolute Gasteiger partial charge is 0.495 e. The first-order valence-electron chi connectivity index (χ1n) is 9.48. The lowest BCUT2D eigenvalue weighted by Crippen LogP contribution is -2.42. The lowest BCUT2D eigenvalue weighted by molar-refractivity contribution is -0.00491. The molecule has 4 rings (SSSR count). The number of rotatable bonds is 5. The third kappa shape index (κ3) is 4.04. The summed E-state index contributed by atoms with van der Waals surface area (Å²) in [6.07, 6.45) is 4.34. The normalized spacial score (nSPS) is 17.6. The van der Waals surface area contributed by atoms with E-state index in [-0.39, 0.29) is 24.6 Å². The molecule has 3 heterocycles. The van der Waals surface area contributed by atoms with Crippen molar-refractivity contribution in [2.45, 2.75) is 17.9 Å². The second kappa shape index (κ2) is 8.47. The molecule has 0 aliphatic carbocycles. The van der Waals surface area contributed by atoms with Gasteiger partial charge in [-0.25, -0.2) is 23.4 Å². The van der Waals surface area contributed by atoms with Gasteiger partial charge >= 0.3 is 0 Å². The Labute approximate surface area is 175 Å². The summed E-state index contributed by atoms with van der Waals surface area (Å²) < 4.78 is 39.3. The Balaban J connectivity index is 1.62. The van der Waals surface area contributed by atoms with Crippen LogP contribution in [0.15, 0.2) is 60.0 Å². The van der Waals surface area contributed by atoms with E-state index >= 15 is 0 Å². The monoisotopic (exact) mass is 426 g/mol. The molecule has 8 nitrogen and oxygen atoms in total. The number of morpholine rings is 1. The molecule has 0 N–H and O–H groups in total. The number of nitrogens with zero attached hydrogens (tertiary/aromatic N) is 4. The number of hydrogen-bond donors (Lipinski definition) is 0. The fourth-order valence-electron chi connectivity index (χ4n) is 3.37. The predicted octanol–water partition coefficient (Wildman–Crippen LogP) is 2.62. The van der Waals surface area contributed by atoms with E-state index in [9.17, 15) is 8.42 Å². The minimum atomic E-state index is -3.75. The van der Waals surface area contributed by atoms with Crippen molar-refractivity contribution in [1.29, 1.82) is 0 Å². The SMILES string of the molecule is COc1ccc(C)cc1S(=O)(=O)N1CCO[C@@H](c2cccc(-c3cncnc3)n2)C1. The molecular weight excluding hydrogens is 404 g/mol. The van der Waals surface area contributed by atoms with E-state index in [2.05, 4.69) is 15.0 Å². The van der Waals surface area contributed by atoms with E-state index in [0.717, 1.165) is 11.1 Å². The Bertz CT molecular complexity index is 1140. The van der Waals surface area contributed by atoms with Gasteiger partial charge in [-0.05, 0) is 36.8 Å². The highest BCUT2D eigenvalue weighted by atomic mass is 32.2. The minimum Gasteiger partial charge on any atom is -0.495 e. The summed E-state index contributed by atoms with van der Waals surface area (Å²) in [5.41, 5.74) is 2.99. The number of benzene rings is 1. The highest BCUT2D eigenvalue weighted by molar-refractivity contribution is 7.89. The topological polar surface area (TPSA) is 94.5 Å². The van der Waals surface area contributed by atoms with Gasteiger partial charge in [-0.15, -0.1) is 0 Å². The van der Waals surface area contributed by atoms with Gasteiger partial charge in [0.15, 0.2) is 0 Å². The van der Waals surface area contributed by atoms with Gasteiger partial charge in [-0.2, -0.15) is 4.31 Å². The first kappa shape index (κ1) is 20.4. The van der Waals surface area contributed by atoms with Crippen molar-refractivity contribution >= 4 is 10.0 Å². The molecule has 30 heavy (non-hydrogen) atoms. The zero-order valence-corrected chi connectivity index (χ0v) is 17.5. The van der Waals surface area contributed by atoms with Crippen molar-refractivity contribution in [3.63, 3.8) is 0 Å². The van der Waals surface area contributed by atoms with E-state index < -0.39 is 16.1 Å². The number of aryl methyl sites for hydroxylation is 1. The van der Waals surface area contributed by atoms with Gasteiger partial charge in [-0.3, -0.25) is 0 Å². The standard InChI is InChI=1S/C21H22N4O4S/c1-15-6-7-19(28-2)21(10-15)30(26,27)25-8-9-29-20(13-25)18-5-3-4-17(24-18)16-11-22-14-23-12-16/h3-7,10-12,14,20H,8-9,13H2,1-2H3/t20-/m1/s1. The van der Waals surface area contributed by atoms with Gasteiger partial charge < -0.3 is 9.47 Å². The maximum Gasteiger partial charge on any atom is 0.246 e. The van der Waals surface area contributed by atoms with Gasteiger partial charge in [0.05, 0.1) is 25.1 Å². The zero-order chi connectivity index (χ0) is 21.1. The molecule has 1 atom stereocenters. The highest BCUT2D eigenvalue weighted by Crippen LogP contribution is 2.31. The third-order valence-electron chi connectivity index (χ3n) is 4.92.